The molecule has 0 radical (unpaired) electrons. The van der Waals surface area contributed by atoms with Gasteiger partial charge in [0.15, 0.2) is 0 Å². The maximum absolute atomic E-state index is 14.7. The first kappa shape index (κ1) is 28.3. The van der Waals surface area contributed by atoms with Gasteiger partial charge in [-0.15, -0.1) is 0 Å². The number of nitrogens with zero attached hydrogens (tertiary/aromatic N) is 6. The maximum atomic E-state index is 14.7. The molecule has 11 heteroatoms. The van der Waals surface area contributed by atoms with E-state index in [1.807, 2.05) is 58.5 Å². The fraction of sp³-hybridized carbons (Fsp3) is 0.250. The zero-order chi connectivity index (χ0) is 29.9. The summed E-state index contributed by atoms with van der Waals surface area (Å²) in [5, 5.41) is 11.9. The predicted molar refractivity (Wildman–Crippen MR) is 169 cm³/mol. The summed E-state index contributed by atoms with van der Waals surface area (Å²) in [6.45, 7) is 2.92. The SMILES string of the molecule is CN(C)CCNc1cc(F)cc(-c2cncc3[nH]c(-c4n[nH]c5ccc(-c6cncc(OCCN(C)C)c6)nc45)cc23)c1. The fourth-order valence-corrected chi connectivity index (χ4v) is 4.91. The molecule has 1 aromatic carbocycles. The second-order valence-electron chi connectivity index (χ2n) is 11.0. The average Bonchev–Trinajstić information content (AvgIpc) is 3.60. The number of pyridine rings is 3. The molecule has 3 N–H and O–H groups in total. The minimum Gasteiger partial charge on any atom is -0.491 e. The lowest BCUT2D eigenvalue weighted by Gasteiger charge is -2.13. The van der Waals surface area contributed by atoms with Crippen molar-refractivity contribution >= 4 is 27.6 Å². The number of benzene rings is 1. The van der Waals surface area contributed by atoms with Gasteiger partial charge in [-0.3, -0.25) is 15.1 Å². The number of anilines is 1. The number of halogens is 1. The van der Waals surface area contributed by atoms with Gasteiger partial charge in [0.2, 0.25) is 0 Å². The summed E-state index contributed by atoms with van der Waals surface area (Å²) >= 11 is 0. The molecule has 5 aromatic heterocycles. The van der Waals surface area contributed by atoms with Gasteiger partial charge in [-0.1, -0.05) is 0 Å². The van der Waals surface area contributed by atoms with Gasteiger partial charge in [-0.2, -0.15) is 5.10 Å². The van der Waals surface area contributed by atoms with Crippen molar-refractivity contribution in [1.29, 1.82) is 0 Å². The summed E-state index contributed by atoms with van der Waals surface area (Å²) in [6.07, 6.45) is 7.01. The number of hydrogen-bond donors (Lipinski definition) is 3. The Morgan fingerprint density at radius 3 is 2.53 bits per heavy atom. The first-order valence-electron chi connectivity index (χ1n) is 14.1. The van der Waals surface area contributed by atoms with E-state index >= 15 is 0 Å². The minimum absolute atomic E-state index is 0.311. The highest BCUT2D eigenvalue weighted by Crippen LogP contribution is 2.35. The minimum atomic E-state index is -0.311. The van der Waals surface area contributed by atoms with Crippen LogP contribution in [-0.4, -0.2) is 94.4 Å². The second-order valence-corrected chi connectivity index (χ2v) is 11.0. The van der Waals surface area contributed by atoms with Gasteiger partial charge in [-0.05, 0) is 76.2 Å². The van der Waals surface area contributed by atoms with Crippen LogP contribution < -0.4 is 10.1 Å². The van der Waals surface area contributed by atoms with Crippen LogP contribution in [0.5, 0.6) is 5.75 Å². The summed E-state index contributed by atoms with van der Waals surface area (Å²) < 4.78 is 20.6. The Kier molecular flexibility index (Phi) is 7.99. The lowest BCUT2D eigenvalue weighted by atomic mass is 10.0. The van der Waals surface area contributed by atoms with Gasteiger partial charge in [0.05, 0.1) is 34.8 Å². The number of H-pyrrole nitrogens is 2. The number of hydrogen-bond acceptors (Lipinski definition) is 8. The van der Waals surface area contributed by atoms with Crippen molar-refractivity contribution in [2.75, 3.05) is 59.7 Å². The quantitative estimate of drug-likeness (QED) is 0.190. The fourth-order valence-electron chi connectivity index (χ4n) is 4.91. The molecule has 6 aromatic rings. The molecule has 0 aliphatic carbocycles. The third-order valence-corrected chi connectivity index (χ3v) is 7.12. The van der Waals surface area contributed by atoms with Crippen LogP contribution in [-0.2, 0) is 0 Å². The Bertz CT molecular complexity index is 1880. The van der Waals surface area contributed by atoms with E-state index in [0.717, 1.165) is 68.8 Å². The monoisotopic (exact) mass is 579 g/mol. The van der Waals surface area contributed by atoms with Crippen LogP contribution in [0.2, 0.25) is 0 Å². The van der Waals surface area contributed by atoms with E-state index in [2.05, 4.69) is 40.3 Å². The summed E-state index contributed by atoms with van der Waals surface area (Å²) in [6, 6.07) is 12.8. The van der Waals surface area contributed by atoms with Crippen LogP contribution in [0.4, 0.5) is 10.1 Å². The van der Waals surface area contributed by atoms with Crippen LogP contribution in [0.25, 0.3) is 55.7 Å². The third-order valence-electron chi connectivity index (χ3n) is 7.12. The molecule has 10 nitrogen and oxygen atoms in total. The van der Waals surface area contributed by atoms with Crippen LogP contribution in [0.15, 0.2) is 67.3 Å². The largest absolute Gasteiger partial charge is 0.491 e. The molecular formula is C32H34FN9O. The Morgan fingerprint density at radius 1 is 0.860 bits per heavy atom. The topological polar surface area (TPSA) is 111 Å². The zero-order valence-electron chi connectivity index (χ0n) is 24.6. The molecule has 0 unspecified atom stereocenters. The Labute approximate surface area is 248 Å². The molecule has 0 fully saturated rings. The van der Waals surface area contributed by atoms with Crippen molar-refractivity contribution in [3.05, 3.63) is 73.1 Å². The van der Waals surface area contributed by atoms with Crippen molar-refractivity contribution in [2.45, 2.75) is 0 Å². The van der Waals surface area contributed by atoms with Crippen molar-refractivity contribution in [2.24, 2.45) is 0 Å². The molecule has 0 bridgehead atoms. The number of rotatable bonds is 11. The van der Waals surface area contributed by atoms with Crippen LogP contribution in [0.3, 0.4) is 0 Å². The predicted octanol–water partition coefficient (Wildman–Crippen LogP) is 5.28. The molecule has 0 saturated heterocycles. The van der Waals surface area contributed by atoms with E-state index in [4.69, 9.17) is 9.72 Å². The Morgan fingerprint density at radius 2 is 1.70 bits per heavy atom. The normalized spacial score (nSPS) is 11.7. The Hall–Kier alpha value is -4.87. The lowest BCUT2D eigenvalue weighted by Crippen LogP contribution is -2.20. The molecular weight excluding hydrogens is 545 g/mol. The van der Waals surface area contributed by atoms with E-state index < -0.39 is 0 Å². The van der Waals surface area contributed by atoms with Gasteiger partial charge in [0.25, 0.3) is 0 Å². The molecule has 43 heavy (non-hydrogen) atoms. The highest BCUT2D eigenvalue weighted by molar-refractivity contribution is 6.00. The second kappa shape index (κ2) is 12.2. The lowest BCUT2D eigenvalue weighted by molar-refractivity contribution is 0.261. The maximum Gasteiger partial charge on any atom is 0.138 e. The van der Waals surface area contributed by atoms with E-state index in [-0.39, 0.29) is 5.82 Å². The smallest absolute Gasteiger partial charge is 0.138 e. The number of fused-ring (bicyclic) bond motifs is 2. The number of ether oxygens (including phenoxy) is 1. The summed E-state index contributed by atoms with van der Waals surface area (Å²) in [5.74, 6) is 0.381. The molecule has 0 aliphatic rings. The van der Waals surface area contributed by atoms with Crippen molar-refractivity contribution < 1.29 is 9.13 Å². The molecule has 0 spiro atoms. The Balaban J connectivity index is 1.33. The summed E-state index contributed by atoms with van der Waals surface area (Å²) in [7, 11) is 8.03. The van der Waals surface area contributed by atoms with Gasteiger partial charge in [-0.25, -0.2) is 9.37 Å². The molecule has 0 aliphatic heterocycles. The summed E-state index contributed by atoms with van der Waals surface area (Å²) in [4.78, 5) is 21.3. The number of aromatic amines is 2. The zero-order valence-corrected chi connectivity index (χ0v) is 24.6. The van der Waals surface area contributed by atoms with E-state index in [1.54, 1.807) is 24.8 Å². The standard InChI is InChI=1S/C32H34FN9O/c1-41(2)8-7-36-23-12-20(11-22(33)14-23)26-18-35-19-30-25(26)15-29(37-30)32-31-28(39-40-32)6-5-27(38-31)21-13-24(17-34-16-21)43-10-9-42(3)4/h5-6,11-19,36-37H,7-10H2,1-4H3,(H,39,40). The first-order valence-corrected chi connectivity index (χ1v) is 14.1. The van der Waals surface area contributed by atoms with Crippen LogP contribution >= 0.6 is 0 Å². The molecule has 6 rings (SSSR count). The van der Waals surface area contributed by atoms with E-state index in [9.17, 15) is 4.39 Å². The summed E-state index contributed by atoms with van der Waals surface area (Å²) in [5.41, 5.74) is 7.68. The molecule has 5 heterocycles. The number of likely N-dealkylation sites (N-methyl/N-ethyl adjacent to an activating group) is 2. The van der Waals surface area contributed by atoms with Crippen molar-refractivity contribution in [1.82, 2.24) is 39.9 Å². The highest BCUT2D eigenvalue weighted by atomic mass is 19.1. The van der Waals surface area contributed by atoms with Crippen molar-refractivity contribution in [3.63, 3.8) is 0 Å². The molecule has 220 valence electrons. The molecule has 0 saturated carbocycles. The van der Waals surface area contributed by atoms with Crippen molar-refractivity contribution in [3.8, 4) is 39.5 Å². The van der Waals surface area contributed by atoms with Gasteiger partial charge < -0.3 is 24.8 Å². The van der Waals surface area contributed by atoms with Crippen LogP contribution in [0.1, 0.15) is 0 Å². The number of nitrogens with one attached hydrogen (secondary N) is 3. The third kappa shape index (κ3) is 6.32. The first-order chi connectivity index (χ1) is 20.8. The average molecular weight is 580 g/mol. The van der Waals surface area contributed by atoms with Gasteiger partial charge in [0.1, 0.15) is 29.4 Å². The number of aromatic nitrogens is 6. The highest BCUT2D eigenvalue weighted by Gasteiger charge is 2.17. The van der Waals surface area contributed by atoms with E-state index in [1.165, 1.54) is 12.1 Å². The van der Waals surface area contributed by atoms with E-state index in [0.29, 0.717) is 24.6 Å². The van der Waals surface area contributed by atoms with Crippen LogP contribution in [0, 0.1) is 5.82 Å². The van der Waals surface area contributed by atoms with Gasteiger partial charge in [0, 0.05) is 54.2 Å². The molecule has 0 amide bonds. The van der Waals surface area contributed by atoms with Gasteiger partial charge >= 0.3 is 0 Å². The molecule has 0 atom stereocenters.